The lowest BCUT2D eigenvalue weighted by molar-refractivity contribution is 0.0581. The van der Waals surface area contributed by atoms with Crippen LogP contribution in [-0.4, -0.2) is 60.2 Å². The molecule has 9 nitrogen and oxygen atoms in total. The Morgan fingerprint density at radius 3 is 2.14 bits per heavy atom. The van der Waals surface area contributed by atoms with Crippen molar-refractivity contribution in [2.24, 2.45) is 0 Å². The van der Waals surface area contributed by atoms with Gasteiger partial charge in [0.15, 0.2) is 0 Å². The Hall–Kier alpha value is -1.72. The van der Waals surface area contributed by atoms with Gasteiger partial charge >= 0.3 is 5.97 Å². The molecule has 7 N–H and O–H groups in total. The summed E-state index contributed by atoms with van der Waals surface area (Å²) >= 11 is 0. The summed E-state index contributed by atoms with van der Waals surface area (Å²) in [5.41, 5.74) is 3.02. The molecule has 0 amide bonds. The minimum absolute atomic E-state index is 0.0166. The number of nitrogens with two attached hydrogens (primary N) is 1. The van der Waals surface area contributed by atoms with E-state index in [1.54, 1.807) is 0 Å². The largest absolute Gasteiger partial charge is 0.478 e. The number of aliphatic hydroxyl groups excluding tert-OH is 3. The first-order valence-electron chi connectivity index (χ1n) is 5.71. The average Bonchev–Trinajstić information content (AvgIpc) is 2.44. The third-order valence-electron chi connectivity index (χ3n) is 2.78. The first-order valence-corrected chi connectivity index (χ1v) is 7.19. The van der Waals surface area contributed by atoms with Crippen molar-refractivity contribution in [3.63, 3.8) is 0 Å². The number of aromatic carboxylic acids is 1. The molecule has 0 spiro atoms. The van der Waals surface area contributed by atoms with E-state index in [1.807, 2.05) is 4.72 Å². The summed E-state index contributed by atoms with van der Waals surface area (Å²) in [6, 6.07) is 3.17. The van der Waals surface area contributed by atoms with Crippen molar-refractivity contribution < 1.29 is 33.6 Å². The molecule has 1 aromatic carbocycles. The van der Waals surface area contributed by atoms with Crippen LogP contribution < -0.4 is 10.5 Å². The van der Waals surface area contributed by atoms with Crippen LogP contribution >= 0.6 is 0 Å². The Bertz CT molecular complexity index is 617. The summed E-state index contributed by atoms with van der Waals surface area (Å²) < 4.78 is 26.4. The Morgan fingerprint density at radius 1 is 1.19 bits per heavy atom. The zero-order chi connectivity index (χ0) is 16.3. The number of benzene rings is 1. The normalized spacial score (nSPS) is 12.3. The van der Waals surface area contributed by atoms with Gasteiger partial charge in [-0.05, 0) is 18.2 Å². The van der Waals surface area contributed by atoms with E-state index >= 15 is 0 Å². The molecule has 0 heterocycles. The van der Waals surface area contributed by atoms with Gasteiger partial charge in [-0.3, -0.25) is 0 Å². The van der Waals surface area contributed by atoms with E-state index in [4.69, 9.17) is 26.2 Å². The molecule has 0 aliphatic heterocycles. The molecular formula is C11H16N2O7S. The maximum absolute atomic E-state index is 12.2. The molecule has 0 bridgehead atoms. The lowest BCUT2D eigenvalue weighted by Gasteiger charge is -2.28. The number of sulfonamides is 1. The van der Waals surface area contributed by atoms with Crippen LogP contribution in [0.2, 0.25) is 0 Å². The minimum atomic E-state index is -4.44. The zero-order valence-electron chi connectivity index (χ0n) is 10.9. The number of hydrogen-bond donors (Lipinski definition) is 6. The summed E-state index contributed by atoms with van der Waals surface area (Å²) in [5.74, 6) is -1.49. The molecule has 1 rings (SSSR count). The number of aliphatic hydroxyl groups is 3. The molecule has 0 atom stereocenters. The van der Waals surface area contributed by atoms with Crippen molar-refractivity contribution >= 4 is 21.7 Å². The van der Waals surface area contributed by atoms with Crippen LogP contribution in [-0.2, 0) is 10.0 Å². The van der Waals surface area contributed by atoms with Gasteiger partial charge in [-0.1, -0.05) is 0 Å². The molecule has 0 aromatic heterocycles. The Balaban J connectivity index is 3.38. The van der Waals surface area contributed by atoms with E-state index in [0.717, 1.165) is 12.1 Å². The predicted octanol–water partition coefficient (Wildman–Crippen LogP) is -2.04. The van der Waals surface area contributed by atoms with E-state index in [9.17, 15) is 13.2 Å². The van der Waals surface area contributed by atoms with Crippen molar-refractivity contribution in [3.8, 4) is 0 Å². The first kappa shape index (κ1) is 17.3. The Kier molecular flexibility index (Phi) is 5.25. The molecule has 0 radical (unpaired) electrons. The number of carboxylic acid groups (broad SMARTS) is 1. The quantitative estimate of drug-likeness (QED) is 0.312. The van der Waals surface area contributed by atoms with E-state index in [1.165, 1.54) is 6.07 Å². The van der Waals surface area contributed by atoms with Crippen LogP contribution in [0.15, 0.2) is 23.1 Å². The first-order chi connectivity index (χ1) is 9.71. The second kappa shape index (κ2) is 6.37. The molecule has 0 saturated heterocycles. The summed E-state index contributed by atoms with van der Waals surface area (Å²) in [4.78, 5) is 10.4. The highest BCUT2D eigenvalue weighted by atomic mass is 32.2. The summed E-state index contributed by atoms with van der Waals surface area (Å²) in [5, 5.41) is 36.4. The Labute approximate surface area is 120 Å². The van der Waals surface area contributed by atoms with Crippen LogP contribution in [0.25, 0.3) is 0 Å². The molecular weight excluding hydrogens is 304 g/mol. The molecule has 0 saturated carbocycles. The average molecular weight is 320 g/mol. The van der Waals surface area contributed by atoms with Crippen LogP contribution in [0.5, 0.6) is 0 Å². The van der Waals surface area contributed by atoms with Gasteiger partial charge in [-0.25, -0.2) is 13.2 Å². The molecule has 0 aliphatic carbocycles. The van der Waals surface area contributed by atoms with Gasteiger partial charge in [0.05, 0.1) is 30.3 Å². The van der Waals surface area contributed by atoms with Crippen LogP contribution in [0.1, 0.15) is 10.4 Å². The molecule has 0 aliphatic rings. The number of anilines is 1. The predicted molar refractivity (Wildman–Crippen MR) is 72.1 cm³/mol. The number of carboxylic acids is 1. The fourth-order valence-electron chi connectivity index (χ4n) is 1.52. The standard InChI is InChI=1S/C11H16N2O7S/c12-7-1-2-8(10(17)18)9(3-7)21(19,20)13-11(4-14,5-15)6-16/h1-3,13-16H,4-6,12H2,(H,17,18). The molecule has 10 heteroatoms. The molecule has 0 unspecified atom stereocenters. The third kappa shape index (κ3) is 3.68. The maximum atomic E-state index is 12.2. The molecule has 0 fully saturated rings. The highest BCUT2D eigenvalue weighted by Gasteiger charge is 2.35. The highest BCUT2D eigenvalue weighted by Crippen LogP contribution is 2.21. The van der Waals surface area contributed by atoms with Gasteiger partial charge in [0.25, 0.3) is 0 Å². The zero-order valence-corrected chi connectivity index (χ0v) is 11.7. The lowest BCUT2D eigenvalue weighted by atomic mass is 10.1. The monoisotopic (exact) mass is 320 g/mol. The molecule has 1 aromatic rings. The third-order valence-corrected chi connectivity index (χ3v) is 4.40. The van der Waals surface area contributed by atoms with Gasteiger partial charge in [0, 0.05) is 5.69 Å². The Morgan fingerprint density at radius 2 is 1.71 bits per heavy atom. The second-order valence-corrected chi connectivity index (χ2v) is 6.07. The highest BCUT2D eigenvalue weighted by molar-refractivity contribution is 7.89. The van der Waals surface area contributed by atoms with Crippen molar-refractivity contribution in [3.05, 3.63) is 23.8 Å². The van der Waals surface area contributed by atoms with Crippen LogP contribution in [0.3, 0.4) is 0 Å². The number of carbonyl (C=O) groups is 1. The van der Waals surface area contributed by atoms with Gasteiger partial charge < -0.3 is 26.2 Å². The number of rotatable bonds is 7. The van der Waals surface area contributed by atoms with Crippen LogP contribution in [0, 0.1) is 0 Å². The number of nitrogens with one attached hydrogen (secondary N) is 1. The maximum Gasteiger partial charge on any atom is 0.337 e. The van der Waals surface area contributed by atoms with E-state index in [0.29, 0.717) is 0 Å². The molecule has 118 valence electrons. The van der Waals surface area contributed by atoms with Crippen molar-refractivity contribution in [2.75, 3.05) is 25.6 Å². The summed E-state index contributed by atoms with van der Waals surface area (Å²) in [6.07, 6.45) is 0. The SMILES string of the molecule is Nc1ccc(C(=O)O)c(S(=O)(=O)NC(CO)(CO)CO)c1. The van der Waals surface area contributed by atoms with Crippen molar-refractivity contribution in [2.45, 2.75) is 10.4 Å². The van der Waals surface area contributed by atoms with Gasteiger partial charge in [-0.2, -0.15) is 4.72 Å². The van der Waals surface area contributed by atoms with E-state index in [-0.39, 0.29) is 5.69 Å². The van der Waals surface area contributed by atoms with Gasteiger partial charge in [-0.15, -0.1) is 0 Å². The molecule has 21 heavy (non-hydrogen) atoms. The van der Waals surface area contributed by atoms with Crippen molar-refractivity contribution in [1.82, 2.24) is 4.72 Å². The number of nitrogen functional groups attached to an aromatic ring is 1. The van der Waals surface area contributed by atoms with Crippen LogP contribution in [0.4, 0.5) is 5.69 Å². The summed E-state index contributed by atoms with van der Waals surface area (Å²) in [6.45, 7) is -2.65. The smallest absolute Gasteiger partial charge is 0.337 e. The lowest BCUT2D eigenvalue weighted by Crippen LogP contribution is -2.56. The van der Waals surface area contributed by atoms with Gasteiger partial charge in [0.1, 0.15) is 5.54 Å². The minimum Gasteiger partial charge on any atom is -0.478 e. The second-order valence-electron chi connectivity index (χ2n) is 4.42. The van der Waals surface area contributed by atoms with Gasteiger partial charge in [0.2, 0.25) is 10.0 Å². The fraction of sp³-hybridized carbons (Fsp3) is 0.364. The fourth-order valence-corrected chi connectivity index (χ4v) is 3.13. The van der Waals surface area contributed by atoms with E-state index in [2.05, 4.69) is 0 Å². The summed E-state index contributed by atoms with van der Waals surface area (Å²) in [7, 11) is -4.44. The topological polar surface area (TPSA) is 170 Å². The van der Waals surface area contributed by atoms with Crippen molar-refractivity contribution in [1.29, 1.82) is 0 Å². The van der Waals surface area contributed by atoms with E-state index < -0.39 is 51.8 Å². The number of hydrogen-bond acceptors (Lipinski definition) is 7.